The predicted molar refractivity (Wildman–Crippen MR) is 84.8 cm³/mol. The maximum absolute atomic E-state index is 11.2. The molecule has 0 atom stereocenters. The highest BCUT2D eigenvalue weighted by Crippen LogP contribution is 2.43. The number of anilines is 1. The normalized spacial score (nSPS) is 10.6. The van der Waals surface area contributed by atoms with E-state index in [4.69, 9.17) is 10.5 Å². The summed E-state index contributed by atoms with van der Waals surface area (Å²) in [6.07, 6.45) is 0.671. The first-order valence-corrected chi connectivity index (χ1v) is 7.58. The highest BCUT2D eigenvalue weighted by molar-refractivity contribution is 9.10. The second kappa shape index (κ2) is 5.85. The van der Waals surface area contributed by atoms with Crippen molar-refractivity contribution >= 4 is 38.9 Å². The molecule has 0 bridgehead atoms. The van der Waals surface area contributed by atoms with Crippen molar-refractivity contribution < 1.29 is 14.6 Å². The summed E-state index contributed by atoms with van der Waals surface area (Å²) in [6.45, 7) is 1.96. The number of nitrogens with two attached hydrogens (primary N) is 1. The van der Waals surface area contributed by atoms with E-state index in [2.05, 4.69) is 15.9 Å². The standard InChI is InChI=1S/C14H14BrNO3S/c1-3-8-11(16)13(14(17)18)20-12(8)9-5-4-7(15)6-10(9)19-2/h4-6H,3,16H2,1-2H3,(H,17,18). The molecular formula is C14H14BrNO3S. The van der Waals surface area contributed by atoms with Crippen LogP contribution >= 0.6 is 27.3 Å². The first-order valence-electron chi connectivity index (χ1n) is 5.97. The zero-order chi connectivity index (χ0) is 14.9. The lowest BCUT2D eigenvalue weighted by atomic mass is 10.1. The van der Waals surface area contributed by atoms with Crippen LogP contribution < -0.4 is 10.5 Å². The highest BCUT2D eigenvalue weighted by Gasteiger charge is 2.22. The summed E-state index contributed by atoms with van der Waals surface area (Å²) in [6, 6.07) is 5.65. The third-order valence-electron chi connectivity index (χ3n) is 3.00. The number of hydrogen-bond acceptors (Lipinski definition) is 4. The number of benzene rings is 1. The number of nitrogen functional groups attached to an aromatic ring is 1. The molecule has 0 fully saturated rings. The largest absolute Gasteiger partial charge is 0.496 e. The molecule has 2 rings (SSSR count). The molecule has 6 heteroatoms. The van der Waals surface area contributed by atoms with Gasteiger partial charge in [-0.3, -0.25) is 0 Å². The summed E-state index contributed by atoms with van der Waals surface area (Å²) >= 11 is 4.58. The van der Waals surface area contributed by atoms with Gasteiger partial charge in [-0.2, -0.15) is 0 Å². The van der Waals surface area contributed by atoms with E-state index in [1.165, 1.54) is 11.3 Å². The molecule has 20 heavy (non-hydrogen) atoms. The van der Waals surface area contributed by atoms with Gasteiger partial charge in [-0.15, -0.1) is 11.3 Å². The van der Waals surface area contributed by atoms with Gasteiger partial charge in [0.1, 0.15) is 10.6 Å². The van der Waals surface area contributed by atoms with Crippen LogP contribution in [0.3, 0.4) is 0 Å². The molecule has 0 aliphatic rings. The van der Waals surface area contributed by atoms with E-state index in [0.717, 1.165) is 20.5 Å². The zero-order valence-electron chi connectivity index (χ0n) is 11.1. The van der Waals surface area contributed by atoms with E-state index < -0.39 is 5.97 Å². The Bertz CT molecular complexity index is 667. The number of carboxylic acids is 1. The molecule has 1 aromatic carbocycles. The number of thiophene rings is 1. The Morgan fingerprint density at radius 1 is 1.50 bits per heavy atom. The maximum atomic E-state index is 11.2. The molecule has 3 N–H and O–H groups in total. The van der Waals surface area contributed by atoms with E-state index in [1.54, 1.807) is 7.11 Å². The minimum Gasteiger partial charge on any atom is -0.496 e. The smallest absolute Gasteiger partial charge is 0.348 e. The summed E-state index contributed by atoms with van der Waals surface area (Å²) in [5, 5.41) is 9.21. The van der Waals surface area contributed by atoms with E-state index in [0.29, 0.717) is 17.9 Å². The fraction of sp³-hybridized carbons (Fsp3) is 0.214. The quantitative estimate of drug-likeness (QED) is 0.868. The average molecular weight is 356 g/mol. The molecule has 0 saturated heterocycles. The third-order valence-corrected chi connectivity index (χ3v) is 4.77. The number of carbonyl (C=O) groups is 1. The summed E-state index contributed by atoms with van der Waals surface area (Å²) in [5.41, 5.74) is 8.02. The number of hydrogen-bond donors (Lipinski definition) is 2. The van der Waals surface area contributed by atoms with Gasteiger partial charge in [0.15, 0.2) is 0 Å². The lowest BCUT2D eigenvalue weighted by Crippen LogP contribution is -1.99. The molecule has 1 aromatic heterocycles. The Hall–Kier alpha value is -1.53. The fourth-order valence-electron chi connectivity index (χ4n) is 2.06. The van der Waals surface area contributed by atoms with Gasteiger partial charge in [0, 0.05) is 14.9 Å². The molecule has 4 nitrogen and oxygen atoms in total. The molecule has 1 heterocycles. The summed E-state index contributed by atoms with van der Waals surface area (Å²) in [4.78, 5) is 12.3. The van der Waals surface area contributed by atoms with Crippen molar-refractivity contribution in [3.63, 3.8) is 0 Å². The number of aromatic carboxylic acids is 1. The van der Waals surface area contributed by atoms with Crippen LogP contribution in [0, 0.1) is 0 Å². The first-order chi connectivity index (χ1) is 9.49. The van der Waals surface area contributed by atoms with Gasteiger partial charge >= 0.3 is 5.97 Å². The number of carboxylic acid groups (broad SMARTS) is 1. The van der Waals surface area contributed by atoms with Crippen LogP contribution in [0.25, 0.3) is 10.4 Å². The van der Waals surface area contributed by atoms with E-state index in [-0.39, 0.29) is 4.88 Å². The fourth-order valence-corrected chi connectivity index (χ4v) is 3.58. The molecule has 106 valence electrons. The summed E-state index contributed by atoms with van der Waals surface area (Å²) in [7, 11) is 1.59. The SMILES string of the molecule is CCc1c(-c2ccc(Br)cc2OC)sc(C(=O)O)c1N. The van der Waals surface area contributed by atoms with Crippen molar-refractivity contribution in [3.8, 4) is 16.2 Å². The zero-order valence-corrected chi connectivity index (χ0v) is 13.5. The van der Waals surface area contributed by atoms with Gasteiger partial charge in [-0.1, -0.05) is 22.9 Å². The Balaban J connectivity index is 2.69. The van der Waals surface area contributed by atoms with Crippen LogP contribution in [-0.4, -0.2) is 18.2 Å². The third kappa shape index (κ3) is 2.53. The van der Waals surface area contributed by atoms with Crippen LogP contribution in [0.15, 0.2) is 22.7 Å². The lowest BCUT2D eigenvalue weighted by Gasteiger charge is -2.09. The van der Waals surface area contributed by atoms with Gasteiger partial charge < -0.3 is 15.6 Å². The number of rotatable bonds is 4. The second-order valence-electron chi connectivity index (χ2n) is 4.16. The Morgan fingerprint density at radius 3 is 2.75 bits per heavy atom. The van der Waals surface area contributed by atoms with Crippen molar-refractivity contribution in [2.24, 2.45) is 0 Å². The van der Waals surface area contributed by atoms with Gasteiger partial charge in [0.2, 0.25) is 0 Å². The summed E-state index contributed by atoms with van der Waals surface area (Å²) in [5.74, 6) is -0.309. The number of methoxy groups -OCH3 is 1. The van der Waals surface area contributed by atoms with Gasteiger partial charge in [-0.05, 0) is 30.2 Å². The van der Waals surface area contributed by atoms with Crippen LogP contribution in [0.4, 0.5) is 5.69 Å². The summed E-state index contributed by atoms with van der Waals surface area (Å²) < 4.78 is 6.28. The Morgan fingerprint density at radius 2 is 2.20 bits per heavy atom. The predicted octanol–water partition coefficient (Wildman–Crippen LogP) is 4.03. The Kier molecular flexibility index (Phi) is 4.35. The lowest BCUT2D eigenvalue weighted by molar-refractivity contribution is 0.0703. The minimum atomic E-state index is -0.996. The molecule has 0 radical (unpaired) electrons. The van der Waals surface area contributed by atoms with Gasteiger partial charge in [-0.25, -0.2) is 4.79 Å². The molecule has 2 aromatic rings. The molecule has 0 aliphatic carbocycles. The van der Waals surface area contributed by atoms with Crippen LogP contribution in [0.2, 0.25) is 0 Å². The van der Waals surface area contributed by atoms with Crippen molar-refractivity contribution in [3.05, 3.63) is 33.1 Å². The van der Waals surface area contributed by atoms with E-state index in [1.807, 2.05) is 25.1 Å². The Labute approximate surface area is 129 Å². The monoisotopic (exact) mass is 355 g/mol. The number of halogens is 1. The van der Waals surface area contributed by atoms with E-state index >= 15 is 0 Å². The van der Waals surface area contributed by atoms with Crippen molar-refractivity contribution in [1.29, 1.82) is 0 Å². The van der Waals surface area contributed by atoms with Gasteiger partial charge in [0.05, 0.1) is 12.8 Å². The maximum Gasteiger partial charge on any atom is 0.348 e. The molecule has 0 spiro atoms. The van der Waals surface area contributed by atoms with Crippen LogP contribution in [0.1, 0.15) is 22.2 Å². The molecule has 0 unspecified atom stereocenters. The molecule has 0 amide bonds. The average Bonchev–Trinajstić information content (AvgIpc) is 2.75. The molecule has 0 saturated carbocycles. The van der Waals surface area contributed by atoms with Crippen molar-refractivity contribution in [2.75, 3.05) is 12.8 Å². The number of ether oxygens (including phenoxy) is 1. The topological polar surface area (TPSA) is 72.5 Å². The van der Waals surface area contributed by atoms with Crippen LogP contribution in [-0.2, 0) is 6.42 Å². The minimum absolute atomic E-state index is 0.182. The highest BCUT2D eigenvalue weighted by atomic mass is 79.9. The van der Waals surface area contributed by atoms with Crippen molar-refractivity contribution in [2.45, 2.75) is 13.3 Å². The van der Waals surface area contributed by atoms with Crippen LogP contribution in [0.5, 0.6) is 5.75 Å². The van der Waals surface area contributed by atoms with Crippen molar-refractivity contribution in [1.82, 2.24) is 0 Å². The van der Waals surface area contributed by atoms with E-state index in [9.17, 15) is 9.90 Å². The second-order valence-corrected chi connectivity index (χ2v) is 6.09. The molecule has 0 aliphatic heterocycles. The first kappa shape index (κ1) is 14.9. The van der Waals surface area contributed by atoms with Gasteiger partial charge in [0.25, 0.3) is 0 Å². The molecular weight excluding hydrogens is 342 g/mol.